The number of carbonyl (C=O) groups excluding carboxylic acids is 4. The molecule has 4 atom stereocenters. The molecule has 20 heteroatoms. The van der Waals surface area contributed by atoms with Crippen molar-refractivity contribution in [3.8, 4) is 22.5 Å². The van der Waals surface area contributed by atoms with E-state index >= 15 is 0 Å². The van der Waals surface area contributed by atoms with E-state index in [1.54, 1.807) is 70.8 Å². The van der Waals surface area contributed by atoms with Gasteiger partial charge in [-0.2, -0.15) is 10.2 Å². The van der Waals surface area contributed by atoms with E-state index in [1.165, 1.54) is 0 Å². The van der Waals surface area contributed by atoms with Crippen LogP contribution in [0.5, 0.6) is 0 Å². The Morgan fingerprint density at radius 1 is 0.550 bits per heavy atom. The molecular weight excluding hydrogens is 1010 g/mol. The number of aromatic nitrogens is 10. The van der Waals surface area contributed by atoms with E-state index < -0.39 is 11.9 Å². The summed E-state index contributed by atoms with van der Waals surface area (Å²) in [6, 6.07) is 29.6. The fourth-order valence-corrected chi connectivity index (χ4v) is 9.63. The van der Waals surface area contributed by atoms with Crippen LogP contribution in [0.15, 0.2) is 147 Å². The number of aryl methyl sites for hydroxylation is 4. The predicted octanol–water partition coefficient (Wildman–Crippen LogP) is 8.83. The van der Waals surface area contributed by atoms with Crippen molar-refractivity contribution in [3.05, 3.63) is 191 Å². The molecule has 0 bridgehead atoms. The fraction of sp³-hybridized carbons (Fsp3) is 0.200. The van der Waals surface area contributed by atoms with Gasteiger partial charge >= 0.3 is 11.9 Å². The van der Waals surface area contributed by atoms with Crippen molar-refractivity contribution >= 4 is 68.6 Å². The Morgan fingerprint density at radius 3 is 1.34 bits per heavy atom. The van der Waals surface area contributed by atoms with Crippen LogP contribution in [-0.4, -0.2) is 73.2 Å². The summed E-state index contributed by atoms with van der Waals surface area (Å²) in [6.45, 7) is 4.09. The number of esters is 2. The second-order valence-corrected chi connectivity index (χ2v) is 20.0. The Bertz CT molecular complexity index is 3760. The van der Waals surface area contributed by atoms with Gasteiger partial charge in [0.05, 0.1) is 23.8 Å². The van der Waals surface area contributed by atoms with Crippen molar-refractivity contribution in [2.24, 2.45) is 25.9 Å². The Morgan fingerprint density at radius 2 is 0.963 bits per heavy atom. The minimum absolute atomic E-state index is 0.0715. The maximum Gasteiger partial charge on any atom is 0.357 e. The number of pyridine rings is 6. The minimum Gasteiger partial charge on any atom is -0.456 e. The first kappa shape index (κ1) is 51.8. The van der Waals surface area contributed by atoms with E-state index in [0.717, 1.165) is 68.1 Å². The number of rotatable bonds is 14. The largest absolute Gasteiger partial charge is 0.456 e. The molecule has 400 valence electrons. The van der Waals surface area contributed by atoms with Crippen LogP contribution in [0.25, 0.3) is 44.1 Å². The summed E-state index contributed by atoms with van der Waals surface area (Å²) in [5.41, 5.74) is 21.1. The fourth-order valence-electron chi connectivity index (χ4n) is 9.63. The van der Waals surface area contributed by atoms with E-state index in [2.05, 4.69) is 50.7 Å². The van der Waals surface area contributed by atoms with Gasteiger partial charge in [0.1, 0.15) is 47.9 Å². The quantitative estimate of drug-likeness (QED) is 0.0740. The summed E-state index contributed by atoms with van der Waals surface area (Å²) in [5.74, 6) is 0.492. The standard InChI is InChI=1S/2C30H27N7O3/c2*1-17-8-26(30(39)40-16-18-6-4-3-5-7-18)32-13-23(17)25-9-19-10-27(33-14-24(19)28(31)35-25)36-29(38)22-11-21(22)20-12-34-37(2)15-20/h2*3-10,12-15,21-22H,11,16H2,1-2H3,(H2,31,35)(H,33,36,38)/t2*21-,22+/m10/s1. The van der Waals surface area contributed by atoms with Crippen LogP contribution in [0.2, 0.25) is 0 Å². The molecule has 20 nitrogen and oxygen atoms in total. The molecule has 6 N–H and O–H groups in total. The van der Waals surface area contributed by atoms with Crippen molar-refractivity contribution in [2.45, 2.75) is 51.7 Å². The van der Waals surface area contributed by atoms with Crippen LogP contribution in [0.1, 0.15) is 79.0 Å². The van der Waals surface area contributed by atoms with E-state index in [4.69, 9.17) is 20.9 Å². The van der Waals surface area contributed by atoms with Crippen LogP contribution in [0, 0.1) is 25.7 Å². The molecule has 2 aliphatic rings. The first-order valence-electron chi connectivity index (χ1n) is 25.8. The van der Waals surface area contributed by atoms with Crippen LogP contribution in [-0.2, 0) is 46.4 Å². The third-order valence-corrected chi connectivity index (χ3v) is 14.2. The van der Waals surface area contributed by atoms with Gasteiger partial charge in [0.15, 0.2) is 0 Å². The van der Waals surface area contributed by atoms with Crippen LogP contribution in [0.4, 0.5) is 23.3 Å². The number of nitrogens with zero attached hydrogens (tertiary/aromatic N) is 10. The molecule has 80 heavy (non-hydrogen) atoms. The number of carbonyl (C=O) groups is 4. The summed E-state index contributed by atoms with van der Waals surface area (Å²) in [4.78, 5) is 77.3. The molecule has 2 aromatic carbocycles. The van der Waals surface area contributed by atoms with Crippen LogP contribution >= 0.6 is 0 Å². The van der Waals surface area contributed by atoms with Crippen molar-refractivity contribution in [3.63, 3.8) is 0 Å². The van der Waals surface area contributed by atoms with E-state index in [1.807, 2.05) is 113 Å². The monoisotopic (exact) mass is 1070 g/mol. The lowest BCUT2D eigenvalue weighted by molar-refractivity contribution is -0.118. The van der Waals surface area contributed by atoms with Crippen LogP contribution < -0.4 is 22.1 Å². The van der Waals surface area contributed by atoms with Gasteiger partial charge < -0.3 is 31.6 Å². The van der Waals surface area contributed by atoms with Gasteiger partial charge in [0.2, 0.25) is 11.8 Å². The highest BCUT2D eigenvalue weighted by Gasteiger charge is 2.45. The maximum atomic E-state index is 12.9. The van der Waals surface area contributed by atoms with Crippen LogP contribution in [0.3, 0.4) is 0 Å². The zero-order valence-electron chi connectivity index (χ0n) is 44.1. The molecule has 8 heterocycles. The number of amides is 2. The van der Waals surface area contributed by atoms with Crippen molar-refractivity contribution in [1.29, 1.82) is 0 Å². The van der Waals surface area contributed by atoms with Crippen molar-refractivity contribution in [1.82, 2.24) is 49.5 Å². The second-order valence-electron chi connectivity index (χ2n) is 20.0. The van der Waals surface area contributed by atoms with Gasteiger partial charge in [0.25, 0.3) is 0 Å². The number of hydrogen-bond acceptors (Lipinski definition) is 16. The smallest absolute Gasteiger partial charge is 0.357 e. The van der Waals surface area contributed by atoms with E-state index in [9.17, 15) is 19.2 Å². The average Bonchev–Trinajstić information content (AvgIpc) is 4.41. The molecule has 8 aromatic heterocycles. The molecule has 2 saturated carbocycles. The topological polar surface area (TPSA) is 276 Å². The van der Waals surface area contributed by atoms with Crippen molar-refractivity contribution < 1.29 is 28.7 Å². The molecule has 0 unspecified atom stereocenters. The summed E-state index contributed by atoms with van der Waals surface area (Å²) < 4.78 is 14.3. The van der Waals surface area contributed by atoms with Gasteiger partial charge in [-0.15, -0.1) is 0 Å². The van der Waals surface area contributed by atoms with E-state index in [0.29, 0.717) is 45.4 Å². The summed E-state index contributed by atoms with van der Waals surface area (Å²) in [5, 5.41) is 17.2. The average molecular weight is 1070 g/mol. The third-order valence-electron chi connectivity index (χ3n) is 14.2. The van der Waals surface area contributed by atoms with Gasteiger partial charge in [-0.1, -0.05) is 60.7 Å². The number of nitrogens with one attached hydrogen (secondary N) is 2. The molecule has 0 aliphatic heterocycles. The number of nitrogen functional groups attached to an aromatic ring is 2. The molecule has 10 aromatic rings. The molecule has 2 amide bonds. The minimum atomic E-state index is -0.502. The summed E-state index contributed by atoms with van der Waals surface area (Å²) >= 11 is 0. The van der Waals surface area contributed by atoms with E-state index in [-0.39, 0.29) is 60.1 Å². The Hall–Kier alpha value is -10.2. The van der Waals surface area contributed by atoms with Gasteiger partial charge in [-0.05, 0) is 119 Å². The molecule has 2 fully saturated rings. The lowest BCUT2D eigenvalue weighted by Crippen LogP contribution is -2.15. The lowest BCUT2D eigenvalue weighted by atomic mass is 10.0. The number of benzene rings is 2. The summed E-state index contributed by atoms with van der Waals surface area (Å²) in [7, 11) is 3.73. The highest BCUT2D eigenvalue weighted by atomic mass is 16.5. The summed E-state index contributed by atoms with van der Waals surface area (Å²) in [6.07, 6.45) is 15.5. The van der Waals surface area contributed by atoms with Gasteiger partial charge in [-0.3, -0.25) is 19.0 Å². The van der Waals surface area contributed by atoms with Gasteiger partial charge in [-0.25, -0.2) is 39.5 Å². The molecule has 12 rings (SSSR count). The molecular formula is C60H54N14O6. The number of nitrogens with two attached hydrogens (primary N) is 2. The molecule has 0 radical (unpaired) electrons. The Balaban J connectivity index is 0.000000169. The lowest BCUT2D eigenvalue weighted by Gasteiger charge is -2.11. The maximum absolute atomic E-state index is 12.9. The highest BCUT2D eigenvalue weighted by molar-refractivity contribution is 6.00. The first-order valence-corrected chi connectivity index (χ1v) is 25.8. The normalized spacial score (nSPS) is 16.1. The van der Waals surface area contributed by atoms with Crippen molar-refractivity contribution in [2.75, 3.05) is 22.1 Å². The number of fused-ring (bicyclic) bond motifs is 2. The molecule has 2 aliphatic carbocycles. The predicted molar refractivity (Wildman–Crippen MR) is 300 cm³/mol. The SMILES string of the molecule is Cc1cc(C(=O)OCc2ccccc2)ncc1-c1cc2cc(NC(=O)[C@@H]3C[C@H]3c3cnn(C)c3)ncc2c(N)n1.Cc1cc(C(=O)OCc2ccccc2)ncc1-c1cc2cc(NC(=O)[C@H]3C[C@@H]3c3cnn(C)c3)ncc2c(N)n1. The Kier molecular flexibility index (Phi) is 14.3. The molecule has 0 saturated heterocycles. The number of hydrogen-bond donors (Lipinski definition) is 4. The number of anilines is 4. The highest BCUT2D eigenvalue weighted by Crippen LogP contribution is 2.49. The third kappa shape index (κ3) is 11.5. The molecule has 0 spiro atoms. The first-order chi connectivity index (χ1) is 38.7. The second kappa shape index (κ2) is 22.0. The zero-order chi connectivity index (χ0) is 55.6. The zero-order valence-corrected chi connectivity index (χ0v) is 44.1. The van der Waals surface area contributed by atoms with Gasteiger partial charge in [0, 0.05) is 85.0 Å². The Labute approximate surface area is 458 Å². The number of ether oxygens (including phenoxy) is 2.